The fourth-order valence-corrected chi connectivity index (χ4v) is 1.83. The average Bonchev–Trinajstić information content (AvgIpc) is 2.35. The maximum Gasteiger partial charge on any atom is 0.336 e. The van der Waals surface area contributed by atoms with Crippen molar-refractivity contribution in [3.8, 4) is 0 Å². The third-order valence-corrected chi connectivity index (χ3v) is 2.60. The first-order chi connectivity index (χ1) is 8.59. The van der Waals surface area contributed by atoms with E-state index in [0.29, 0.717) is 16.5 Å². The SMILES string of the molecule is O=C(O)c1ccc(NCC(F)F)c2ccccc12. The third kappa shape index (κ3) is 2.40. The van der Waals surface area contributed by atoms with Gasteiger partial charge in [0.05, 0.1) is 12.1 Å². The van der Waals surface area contributed by atoms with Crippen molar-refractivity contribution in [2.24, 2.45) is 0 Å². The van der Waals surface area contributed by atoms with E-state index in [4.69, 9.17) is 5.11 Å². The zero-order chi connectivity index (χ0) is 13.1. The number of alkyl halides is 2. The quantitative estimate of drug-likeness (QED) is 0.877. The van der Waals surface area contributed by atoms with Crippen LogP contribution in [0.3, 0.4) is 0 Å². The summed E-state index contributed by atoms with van der Waals surface area (Å²) < 4.78 is 24.3. The number of anilines is 1. The van der Waals surface area contributed by atoms with Crippen LogP contribution in [-0.4, -0.2) is 24.0 Å². The Kier molecular flexibility index (Phi) is 3.41. The Labute approximate surface area is 102 Å². The van der Waals surface area contributed by atoms with Crippen molar-refractivity contribution in [3.05, 3.63) is 42.0 Å². The van der Waals surface area contributed by atoms with E-state index in [2.05, 4.69) is 5.32 Å². The van der Waals surface area contributed by atoms with Gasteiger partial charge in [0.1, 0.15) is 0 Å². The number of carboxylic acid groups (broad SMARTS) is 1. The highest BCUT2D eigenvalue weighted by Crippen LogP contribution is 2.26. The van der Waals surface area contributed by atoms with Gasteiger partial charge >= 0.3 is 5.97 Å². The number of hydrogen-bond acceptors (Lipinski definition) is 2. The molecule has 0 saturated heterocycles. The molecule has 0 heterocycles. The van der Waals surface area contributed by atoms with Crippen LogP contribution in [0.4, 0.5) is 14.5 Å². The van der Waals surface area contributed by atoms with Crippen LogP contribution in [0.5, 0.6) is 0 Å². The molecule has 2 rings (SSSR count). The molecule has 0 amide bonds. The monoisotopic (exact) mass is 251 g/mol. The van der Waals surface area contributed by atoms with Gasteiger partial charge in [-0.1, -0.05) is 24.3 Å². The highest BCUT2D eigenvalue weighted by molar-refractivity contribution is 6.07. The van der Waals surface area contributed by atoms with Crippen LogP contribution in [0, 0.1) is 0 Å². The van der Waals surface area contributed by atoms with Crippen LogP contribution in [0.1, 0.15) is 10.4 Å². The van der Waals surface area contributed by atoms with Gasteiger partial charge in [-0.3, -0.25) is 0 Å². The summed E-state index contributed by atoms with van der Waals surface area (Å²) in [5.74, 6) is -1.04. The molecule has 3 nitrogen and oxygen atoms in total. The smallest absolute Gasteiger partial charge is 0.336 e. The lowest BCUT2D eigenvalue weighted by molar-refractivity contribution is 0.0699. The number of fused-ring (bicyclic) bond motifs is 1. The second-order valence-electron chi connectivity index (χ2n) is 3.78. The van der Waals surface area contributed by atoms with Crippen LogP contribution in [0.15, 0.2) is 36.4 Å². The average molecular weight is 251 g/mol. The number of carbonyl (C=O) groups is 1. The number of aromatic carboxylic acids is 1. The van der Waals surface area contributed by atoms with E-state index in [1.54, 1.807) is 24.3 Å². The van der Waals surface area contributed by atoms with Crippen molar-refractivity contribution in [1.29, 1.82) is 0 Å². The lowest BCUT2D eigenvalue weighted by atomic mass is 10.0. The number of halogens is 2. The summed E-state index contributed by atoms with van der Waals surface area (Å²) in [7, 11) is 0. The number of carboxylic acids is 1. The largest absolute Gasteiger partial charge is 0.478 e. The third-order valence-electron chi connectivity index (χ3n) is 2.60. The van der Waals surface area contributed by atoms with Gasteiger partial charge in [0.25, 0.3) is 6.43 Å². The lowest BCUT2D eigenvalue weighted by Gasteiger charge is -2.11. The Morgan fingerprint density at radius 1 is 1.17 bits per heavy atom. The van der Waals surface area contributed by atoms with E-state index >= 15 is 0 Å². The van der Waals surface area contributed by atoms with Crippen LogP contribution in [-0.2, 0) is 0 Å². The molecule has 2 N–H and O–H groups in total. The molecule has 0 aliphatic rings. The van der Waals surface area contributed by atoms with Crippen LogP contribution in [0.25, 0.3) is 10.8 Å². The standard InChI is InChI=1S/C13H11F2NO2/c14-12(15)7-16-11-6-5-10(13(17)18)8-3-1-2-4-9(8)11/h1-6,12,16H,7H2,(H,17,18). The molecule has 2 aromatic carbocycles. The molecule has 0 saturated carbocycles. The molecule has 0 aliphatic carbocycles. The first-order valence-electron chi connectivity index (χ1n) is 5.36. The van der Waals surface area contributed by atoms with Crippen LogP contribution < -0.4 is 5.32 Å². The Hall–Kier alpha value is -2.17. The van der Waals surface area contributed by atoms with Crippen molar-refractivity contribution in [1.82, 2.24) is 0 Å². The van der Waals surface area contributed by atoms with Gasteiger partial charge in [-0.25, -0.2) is 13.6 Å². The summed E-state index contributed by atoms with van der Waals surface area (Å²) in [5, 5.41) is 12.8. The molecule has 94 valence electrons. The predicted molar refractivity (Wildman–Crippen MR) is 65.4 cm³/mol. The Balaban J connectivity index is 2.50. The minimum atomic E-state index is -2.46. The summed E-state index contributed by atoms with van der Waals surface area (Å²) in [6.45, 7) is -0.462. The molecule has 5 heteroatoms. The topological polar surface area (TPSA) is 49.3 Å². The van der Waals surface area contributed by atoms with Crippen molar-refractivity contribution in [2.75, 3.05) is 11.9 Å². The molecular formula is C13H11F2NO2. The van der Waals surface area contributed by atoms with Crippen LogP contribution in [0.2, 0.25) is 0 Å². The zero-order valence-corrected chi connectivity index (χ0v) is 9.36. The normalized spacial score (nSPS) is 10.8. The summed E-state index contributed by atoms with van der Waals surface area (Å²) in [6, 6.07) is 9.74. The molecule has 0 bridgehead atoms. The van der Waals surface area contributed by atoms with Gasteiger partial charge in [-0.05, 0) is 17.5 Å². The van der Waals surface area contributed by atoms with Gasteiger partial charge in [0, 0.05) is 11.1 Å². The van der Waals surface area contributed by atoms with Crippen molar-refractivity contribution >= 4 is 22.4 Å². The second-order valence-corrected chi connectivity index (χ2v) is 3.78. The summed E-state index contributed by atoms with van der Waals surface area (Å²) in [4.78, 5) is 11.1. The molecule has 18 heavy (non-hydrogen) atoms. The predicted octanol–water partition coefficient (Wildman–Crippen LogP) is 3.22. The molecule has 0 fully saturated rings. The Bertz CT molecular complexity index is 584. The van der Waals surface area contributed by atoms with Crippen molar-refractivity contribution in [2.45, 2.75) is 6.43 Å². The van der Waals surface area contributed by atoms with E-state index in [1.807, 2.05) is 0 Å². The summed E-state index contributed by atoms with van der Waals surface area (Å²) >= 11 is 0. The maximum atomic E-state index is 12.2. The fourth-order valence-electron chi connectivity index (χ4n) is 1.83. The van der Waals surface area contributed by atoms with Gasteiger partial charge in [-0.15, -0.1) is 0 Å². The number of hydrogen-bond donors (Lipinski definition) is 2. The molecule has 0 atom stereocenters. The van der Waals surface area contributed by atoms with E-state index in [1.165, 1.54) is 12.1 Å². The van der Waals surface area contributed by atoms with E-state index < -0.39 is 18.9 Å². The molecule has 0 unspecified atom stereocenters. The van der Waals surface area contributed by atoms with Crippen LogP contribution >= 0.6 is 0 Å². The first-order valence-corrected chi connectivity index (χ1v) is 5.36. The Morgan fingerprint density at radius 3 is 2.44 bits per heavy atom. The van der Waals surface area contributed by atoms with Gasteiger partial charge in [0.15, 0.2) is 0 Å². The summed E-state index contributed by atoms with van der Waals surface area (Å²) in [6.07, 6.45) is -2.46. The minimum absolute atomic E-state index is 0.160. The van der Waals surface area contributed by atoms with E-state index in [-0.39, 0.29) is 5.56 Å². The highest BCUT2D eigenvalue weighted by Gasteiger charge is 2.11. The Morgan fingerprint density at radius 2 is 1.83 bits per heavy atom. The number of nitrogens with one attached hydrogen (secondary N) is 1. The minimum Gasteiger partial charge on any atom is -0.478 e. The molecule has 2 aromatic rings. The summed E-state index contributed by atoms with van der Waals surface area (Å²) in [5.41, 5.74) is 0.670. The van der Waals surface area contributed by atoms with Gasteiger partial charge < -0.3 is 10.4 Å². The van der Waals surface area contributed by atoms with Crippen molar-refractivity contribution in [3.63, 3.8) is 0 Å². The molecule has 0 radical (unpaired) electrons. The zero-order valence-electron chi connectivity index (χ0n) is 9.36. The molecule has 0 aromatic heterocycles. The first kappa shape index (κ1) is 12.3. The molecule has 0 aliphatic heterocycles. The molecule has 0 spiro atoms. The number of benzene rings is 2. The van der Waals surface area contributed by atoms with E-state index in [0.717, 1.165) is 0 Å². The van der Waals surface area contributed by atoms with Gasteiger partial charge in [0.2, 0.25) is 0 Å². The fraction of sp³-hybridized carbons (Fsp3) is 0.154. The van der Waals surface area contributed by atoms with Gasteiger partial charge in [-0.2, -0.15) is 0 Å². The maximum absolute atomic E-state index is 12.2. The van der Waals surface area contributed by atoms with Crippen molar-refractivity contribution < 1.29 is 18.7 Å². The lowest BCUT2D eigenvalue weighted by Crippen LogP contribution is -2.11. The molecular weight excluding hydrogens is 240 g/mol. The highest BCUT2D eigenvalue weighted by atomic mass is 19.3. The van der Waals surface area contributed by atoms with E-state index in [9.17, 15) is 13.6 Å². The second kappa shape index (κ2) is 5.00. The number of rotatable bonds is 4.